The first-order valence-electron chi connectivity index (χ1n) is 6.53. The van der Waals surface area contributed by atoms with Gasteiger partial charge in [0.25, 0.3) is 0 Å². The molecular weight excluding hydrogens is 313 g/mol. The Morgan fingerprint density at radius 2 is 2.20 bits per heavy atom. The molecule has 3 nitrogen and oxygen atoms in total. The van der Waals surface area contributed by atoms with Gasteiger partial charge in [-0.05, 0) is 11.6 Å². The predicted molar refractivity (Wildman–Crippen MR) is 84.6 cm³/mol. The van der Waals surface area contributed by atoms with Gasteiger partial charge in [0.05, 0.1) is 12.7 Å². The van der Waals surface area contributed by atoms with Crippen molar-refractivity contribution in [2.24, 2.45) is 0 Å². The largest absolute Gasteiger partial charge is 0.314 e. The highest BCUT2D eigenvalue weighted by Crippen LogP contribution is 2.30. The maximum atomic E-state index is 6.34. The molecule has 1 aliphatic rings. The van der Waals surface area contributed by atoms with Gasteiger partial charge in [0.1, 0.15) is 9.34 Å². The molecule has 0 bridgehead atoms. The topological polar surface area (TPSA) is 28.2 Å². The summed E-state index contributed by atoms with van der Waals surface area (Å²) in [6.07, 6.45) is 1.72. The van der Waals surface area contributed by atoms with E-state index in [4.69, 9.17) is 23.2 Å². The lowest BCUT2D eigenvalue weighted by atomic mass is 10.0. The van der Waals surface area contributed by atoms with Crippen LogP contribution in [0, 0.1) is 0 Å². The molecule has 1 aliphatic heterocycles. The van der Waals surface area contributed by atoms with Crippen molar-refractivity contribution in [1.82, 2.24) is 15.2 Å². The molecular formula is C14H15Cl2N3S. The number of thiazole rings is 1. The average Bonchev–Trinajstić information content (AvgIpc) is 2.86. The van der Waals surface area contributed by atoms with E-state index in [2.05, 4.69) is 21.3 Å². The van der Waals surface area contributed by atoms with Gasteiger partial charge in [0, 0.05) is 30.7 Å². The normalized spacial score (nSPS) is 20.2. The van der Waals surface area contributed by atoms with Crippen molar-refractivity contribution in [1.29, 1.82) is 0 Å². The van der Waals surface area contributed by atoms with Crippen LogP contribution in [0.3, 0.4) is 0 Å². The standard InChI is InChI=1S/C14H15Cl2N3S/c15-11-4-2-1-3-10(11)12-7-17-5-6-19(12)9-14-18-8-13(16)20-14/h1-4,8,12,17H,5-7,9H2. The summed E-state index contributed by atoms with van der Waals surface area (Å²) in [6, 6.07) is 8.33. The first-order valence-corrected chi connectivity index (χ1v) is 8.10. The number of aromatic nitrogens is 1. The maximum absolute atomic E-state index is 6.34. The van der Waals surface area contributed by atoms with E-state index in [0.29, 0.717) is 0 Å². The number of halogens is 2. The zero-order valence-corrected chi connectivity index (χ0v) is 13.2. The number of hydrogen-bond acceptors (Lipinski definition) is 4. The Kier molecular flexibility index (Phi) is 4.58. The highest BCUT2D eigenvalue weighted by molar-refractivity contribution is 7.15. The minimum absolute atomic E-state index is 0.278. The third kappa shape index (κ3) is 3.15. The van der Waals surface area contributed by atoms with Gasteiger partial charge in [-0.2, -0.15) is 0 Å². The SMILES string of the molecule is Clc1cnc(CN2CCNCC2c2ccccc2Cl)s1. The molecule has 106 valence electrons. The van der Waals surface area contributed by atoms with Crippen LogP contribution < -0.4 is 5.32 Å². The van der Waals surface area contributed by atoms with Crippen LogP contribution in [0.5, 0.6) is 0 Å². The summed E-state index contributed by atoms with van der Waals surface area (Å²) in [6.45, 7) is 3.69. The molecule has 0 saturated carbocycles. The van der Waals surface area contributed by atoms with Crippen LogP contribution in [0.15, 0.2) is 30.5 Å². The molecule has 3 rings (SSSR count). The fourth-order valence-electron chi connectivity index (χ4n) is 2.52. The molecule has 2 aromatic rings. The lowest BCUT2D eigenvalue weighted by Gasteiger charge is -2.36. The Balaban J connectivity index is 1.82. The molecule has 6 heteroatoms. The molecule has 20 heavy (non-hydrogen) atoms. The molecule has 0 radical (unpaired) electrons. The Hall–Kier alpha value is -0.650. The van der Waals surface area contributed by atoms with Crippen LogP contribution in [0.2, 0.25) is 9.36 Å². The van der Waals surface area contributed by atoms with Crippen molar-refractivity contribution < 1.29 is 0 Å². The van der Waals surface area contributed by atoms with Crippen LogP contribution in [0.4, 0.5) is 0 Å². The molecule has 1 aromatic heterocycles. The summed E-state index contributed by atoms with van der Waals surface area (Å²) in [5.41, 5.74) is 1.17. The van der Waals surface area contributed by atoms with E-state index < -0.39 is 0 Å². The van der Waals surface area contributed by atoms with Crippen LogP contribution in [0.25, 0.3) is 0 Å². The van der Waals surface area contributed by atoms with Gasteiger partial charge < -0.3 is 5.32 Å². The number of nitrogens with one attached hydrogen (secondary N) is 1. The lowest BCUT2D eigenvalue weighted by molar-refractivity contribution is 0.153. The van der Waals surface area contributed by atoms with E-state index in [-0.39, 0.29) is 6.04 Å². The quantitative estimate of drug-likeness (QED) is 0.933. The predicted octanol–water partition coefficient (Wildman–Crippen LogP) is 3.60. The summed E-state index contributed by atoms with van der Waals surface area (Å²) < 4.78 is 0.740. The highest BCUT2D eigenvalue weighted by Gasteiger charge is 2.26. The summed E-state index contributed by atoms with van der Waals surface area (Å²) in [5.74, 6) is 0. The maximum Gasteiger partial charge on any atom is 0.113 e. The second kappa shape index (κ2) is 6.41. The Bertz CT molecular complexity index is 587. The smallest absolute Gasteiger partial charge is 0.113 e. The van der Waals surface area contributed by atoms with Gasteiger partial charge in [0.15, 0.2) is 0 Å². The van der Waals surface area contributed by atoms with E-state index in [0.717, 1.165) is 40.5 Å². The molecule has 0 aliphatic carbocycles. The third-order valence-corrected chi connectivity index (χ3v) is 4.93. The number of piperazine rings is 1. The molecule has 1 N–H and O–H groups in total. The van der Waals surface area contributed by atoms with Crippen LogP contribution >= 0.6 is 34.5 Å². The van der Waals surface area contributed by atoms with Gasteiger partial charge in [0.2, 0.25) is 0 Å². The molecule has 1 aromatic carbocycles. The minimum atomic E-state index is 0.278. The Morgan fingerprint density at radius 1 is 1.35 bits per heavy atom. The van der Waals surface area contributed by atoms with Gasteiger partial charge in [-0.25, -0.2) is 4.98 Å². The first kappa shape index (κ1) is 14.3. The zero-order valence-electron chi connectivity index (χ0n) is 10.9. The Labute approximate surface area is 132 Å². The molecule has 0 amide bonds. The fraction of sp³-hybridized carbons (Fsp3) is 0.357. The molecule has 1 unspecified atom stereocenters. The van der Waals surface area contributed by atoms with Gasteiger partial charge >= 0.3 is 0 Å². The zero-order chi connectivity index (χ0) is 13.9. The number of hydrogen-bond donors (Lipinski definition) is 1. The second-order valence-corrected chi connectivity index (χ2v) is 6.92. The van der Waals surface area contributed by atoms with Crippen molar-refractivity contribution >= 4 is 34.5 Å². The first-order chi connectivity index (χ1) is 9.74. The second-order valence-electron chi connectivity index (χ2n) is 4.77. The van der Waals surface area contributed by atoms with Gasteiger partial charge in [-0.15, -0.1) is 11.3 Å². The summed E-state index contributed by atoms with van der Waals surface area (Å²) >= 11 is 13.8. The van der Waals surface area contributed by atoms with E-state index in [9.17, 15) is 0 Å². The van der Waals surface area contributed by atoms with Gasteiger partial charge in [-0.1, -0.05) is 41.4 Å². The number of benzene rings is 1. The van der Waals surface area contributed by atoms with Crippen LogP contribution in [0.1, 0.15) is 16.6 Å². The summed E-state index contributed by atoms with van der Waals surface area (Å²) in [7, 11) is 0. The van der Waals surface area contributed by atoms with E-state index in [1.54, 1.807) is 17.5 Å². The van der Waals surface area contributed by atoms with E-state index in [1.807, 2.05) is 18.2 Å². The molecule has 2 heterocycles. The van der Waals surface area contributed by atoms with Crippen molar-refractivity contribution in [3.8, 4) is 0 Å². The highest BCUT2D eigenvalue weighted by atomic mass is 35.5. The van der Waals surface area contributed by atoms with Crippen molar-refractivity contribution in [2.75, 3.05) is 19.6 Å². The number of nitrogens with zero attached hydrogens (tertiary/aromatic N) is 2. The van der Waals surface area contributed by atoms with Crippen LogP contribution in [-0.4, -0.2) is 29.5 Å². The van der Waals surface area contributed by atoms with Gasteiger partial charge in [-0.3, -0.25) is 4.90 Å². The number of rotatable bonds is 3. The van der Waals surface area contributed by atoms with Crippen molar-refractivity contribution in [3.05, 3.63) is 50.4 Å². The summed E-state index contributed by atoms with van der Waals surface area (Å²) in [5, 5.41) is 5.31. The monoisotopic (exact) mass is 327 g/mol. The van der Waals surface area contributed by atoms with Crippen molar-refractivity contribution in [3.63, 3.8) is 0 Å². The fourth-order valence-corrected chi connectivity index (χ4v) is 3.77. The molecule has 1 atom stereocenters. The lowest BCUT2D eigenvalue weighted by Crippen LogP contribution is -2.45. The van der Waals surface area contributed by atoms with E-state index >= 15 is 0 Å². The molecule has 0 spiro atoms. The van der Waals surface area contributed by atoms with E-state index in [1.165, 1.54) is 5.56 Å². The average molecular weight is 328 g/mol. The third-order valence-electron chi connectivity index (χ3n) is 3.48. The Morgan fingerprint density at radius 3 is 2.95 bits per heavy atom. The molecule has 1 saturated heterocycles. The molecule has 1 fully saturated rings. The van der Waals surface area contributed by atoms with Crippen molar-refractivity contribution in [2.45, 2.75) is 12.6 Å². The minimum Gasteiger partial charge on any atom is -0.314 e. The van der Waals surface area contributed by atoms with Crippen LogP contribution in [-0.2, 0) is 6.54 Å². The summed E-state index contributed by atoms with van der Waals surface area (Å²) in [4.78, 5) is 6.76.